The molecule has 0 amide bonds. The zero-order chi connectivity index (χ0) is 15.4. The molecule has 0 fully saturated rings. The molecule has 1 N–H and O–H groups in total. The lowest BCUT2D eigenvalue weighted by Crippen LogP contribution is -2.14. The van der Waals surface area contributed by atoms with Crippen molar-refractivity contribution in [1.29, 1.82) is 0 Å². The summed E-state index contributed by atoms with van der Waals surface area (Å²) in [6, 6.07) is 9.39. The highest BCUT2D eigenvalue weighted by molar-refractivity contribution is 6.31. The molecule has 2 rings (SSSR count). The Hall–Kier alpha value is -1.38. The highest BCUT2D eigenvalue weighted by Crippen LogP contribution is 2.29. The van der Waals surface area contributed by atoms with Gasteiger partial charge >= 0.3 is 0 Å². The standard InChI is InChI=1S/C18H21ClFN/c1-4-7-21-11-15-6-5-14(10-18(15)20)16-8-13(3)17(19)9-12(16)2/h5-6,8-10,21H,4,7,11H2,1-3H3. The van der Waals surface area contributed by atoms with E-state index in [1.54, 1.807) is 6.07 Å². The molecule has 2 aromatic carbocycles. The third-order valence-corrected chi connectivity index (χ3v) is 4.02. The summed E-state index contributed by atoms with van der Waals surface area (Å²) in [7, 11) is 0. The van der Waals surface area contributed by atoms with E-state index in [4.69, 9.17) is 11.6 Å². The predicted octanol–water partition coefficient (Wildman–Crippen LogP) is 5.26. The van der Waals surface area contributed by atoms with Gasteiger partial charge in [-0.25, -0.2) is 4.39 Å². The van der Waals surface area contributed by atoms with Gasteiger partial charge in [-0.05, 0) is 67.3 Å². The maximum atomic E-state index is 14.2. The molecule has 0 heterocycles. The first kappa shape index (κ1) is 16.0. The SMILES string of the molecule is CCCNCc1ccc(-c2cc(C)c(Cl)cc2C)cc1F. The van der Waals surface area contributed by atoms with E-state index in [9.17, 15) is 4.39 Å². The summed E-state index contributed by atoms with van der Waals surface area (Å²) in [6.07, 6.45) is 1.04. The smallest absolute Gasteiger partial charge is 0.128 e. The second-order valence-corrected chi connectivity index (χ2v) is 5.81. The second-order valence-electron chi connectivity index (χ2n) is 5.40. The van der Waals surface area contributed by atoms with E-state index >= 15 is 0 Å². The highest BCUT2D eigenvalue weighted by atomic mass is 35.5. The van der Waals surface area contributed by atoms with E-state index in [0.29, 0.717) is 12.1 Å². The number of hydrogen-bond acceptors (Lipinski definition) is 1. The molecule has 0 aliphatic heterocycles. The van der Waals surface area contributed by atoms with Crippen molar-refractivity contribution in [2.45, 2.75) is 33.7 Å². The first-order valence-corrected chi connectivity index (χ1v) is 7.67. The van der Waals surface area contributed by atoms with Crippen LogP contribution in [0.5, 0.6) is 0 Å². The molecule has 0 aliphatic rings. The highest BCUT2D eigenvalue weighted by Gasteiger charge is 2.09. The minimum absolute atomic E-state index is 0.164. The van der Waals surface area contributed by atoms with Crippen LogP contribution in [0.2, 0.25) is 5.02 Å². The minimum Gasteiger partial charge on any atom is -0.313 e. The average molecular weight is 306 g/mol. The van der Waals surface area contributed by atoms with Gasteiger partial charge in [0.15, 0.2) is 0 Å². The molecule has 0 saturated heterocycles. The lowest BCUT2D eigenvalue weighted by atomic mass is 9.97. The van der Waals surface area contributed by atoms with E-state index in [2.05, 4.69) is 12.2 Å². The van der Waals surface area contributed by atoms with Crippen molar-refractivity contribution < 1.29 is 4.39 Å². The normalized spacial score (nSPS) is 10.9. The van der Waals surface area contributed by atoms with Gasteiger partial charge in [0.25, 0.3) is 0 Å². The lowest BCUT2D eigenvalue weighted by molar-refractivity contribution is 0.587. The molecule has 1 nitrogen and oxygen atoms in total. The van der Waals surface area contributed by atoms with E-state index in [1.807, 2.05) is 38.1 Å². The molecule has 0 aromatic heterocycles. The Morgan fingerprint density at radius 2 is 1.86 bits per heavy atom. The van der Waals surface area contributed by atoms with E-state index in [-0.39, 0.29) is 5.82 Å². The average Bonchev–Trinajstić information content (AvgIpc) is 2.45. The molecular weight excluding hydrogens is 285 g/mol. The van der Waals surface area contributed by atoms with Crippen LogP contribution < -0.4 is 5.32 Å². The van der Waals surface area contributed by atoms with Gasteiger partial charge in [-0.2, -0.15) is 0 Å². The zero-order valence-electron chi connectivity index (χ0n) is 12.8. The molecule has 21 heavy (non-hydrogen) atoms. The first-order chi connectivity index (χ1) is 10.0. The maximum Gasteiger partial charge on any atom is 0.128 e. The van der Waals surface area contributed by atoms with Gasteiger partial charge in [0.1, 0.15) is 5.82 Å². The Bertz CT molecular complexity index is 637. The van der Waals surface area contributed by atoms with Crippen molar-refractivity contribution in [1.82, 2.24) is 5.32 Å². The van der Waals surface area contributed by atoms with Gasteiger partial charge in [0.2, 0.25) is 0 Å². The van der Waals surface area contributed by atoms with Crippen LogP contribution in [-0.4, -0.2) is 6.54 Å². The second kappa shape index (κ2) is 7.06. The van der Waals surface area contributed by atoms with Crippen LogP contribution in [0, 0.1) is 19.7 Å². The largest absolute Gasteiger partial charge is 0.313 e. The van der Waals surface area contributed by atoms with Gasteiger partial charge in [-0.3, -0.25) is 0 Å². The molecule has 0 unspecified atom stereocenters. The van der Waals surface area contributed by atoms with Crippen LogP contribution in [0.25, 0.3) is 11.1 Å². The van der Waals surface area contributed by atoms with Crippen LogP contribution in [0.4, 0.5) is 4.39 Å². The Morgan fingerprint density at radius 1 is 1.10 bits per heavy atom. The monoisotopic (exact) mass is 305 g/mol. The summed E-state index contributed by atoms with van der Waals surface area (Å²) in [4.78, 5) is 0. The predicted molar refractivity (Wildman–Crippen MR) is 88.3 cm³/mol. The Morgan fingerprint density at radius 3 is 2.52 bits per heavy atom. The van der Waals surface area contributed by atoms with Crippen molar-refractivity contribution in [3.05, 3.63) is 57.9 Å². The molecule has 0 radical (unpaired) electrons. The Balaban J connectivity index is 2.30. The van der Waals surface area contributed by atoms with Gasteiger partial charge in [0, 0.05) is 17.1 Å². The van der Waals surface area contributed by atoms with Crippen molar-refractivity contribution in [2.75, 3.05) is 6.54 Å². The topological polar surface area (TPSA) is 12.0 Å². The molecule has 0 atom stereocenters. The van der Waals surface area contributed by atoms with Gasteiger partial charge < -0.3 is 5.32 Å². The van der Waals surface area contributed by atoms with Crippen LogP contribution in [0.3, 0.4) is 0 Å². The number of rotatable bonds is 5. The maximum absolute atomic E-state index is 14.2. The fourth-order valence-corrected chi connectivity index (χ4v) is 2.57. The summed E-state index contributed by atoms with van der Waals surface area (Å²) in [5.41, 5.74) is 4.69. The molecule has 112 valence electrons. The minimum atomic E-state index is -0.164. The Kier molecular flexibility index (Phi) is 5.38. The fourth-order valence-electron chi connectivity index (χ4n) is 2.35. The van der Waals surface area contributed by atoms with E-state index < -0.39 is 0 Å². The zero-order valence-corrected chi connectivity index (χ0v) is 13.5. The summed E-state index contributed by atoms with van der Waals surface area (Å²) in [5, 5.41) is 3.97. The summed E-state index contributed by atoms with van der Waals surface area (Å²) in [5.74, 6) is -0.164. The molecule has 3 heteroatoms. The third kappa shape index (κ3) is 3.84. The van der Waals surface area contributed by atoms with Crippen molar-refractivity contribution in [3.63, 3.8) is 0 Å². The number of nitrogens with one attached hydrogen (secondary N) is 1. The number of benzene rings is 2. The van der Waals surface area contributed by atoms with Crippen LogP contribution in [0.1, 0.15) is 30.0 Å². The summed E-state index contributed by atoms with van der Waals surface area (Å²) < 4.78 is 14.2. The number of hydrogen-bond donors (Lipinski definition) is 1. The molecular formula is C18H21ClFN. The van der Waals surface area contributed by atoms with Crippen LogP contribution in [-0.2, 0) is 6.54 Å². The van der Waals surface area contributed by atoms with Crippen molar-refractivity contribution >= 4 is 11.6 Å². The third-order valence-electron chi connectivity index (χ3n) is 3.61. The first-order valence-electron chi connectivity index (χ1n) is 7.29. The molecule has 0 bridgehead atoms. The lowest BCUT2D eigenvalue weighted by Gasteiger charge is -2.11. The molecule has 0 aliphatic carbocycles. The van der Waals surface area contributed by atoms with Gasteiger partial charge in [-0.15, -0.1) is 0 Å². The number of aryl methyl sites for hydroxylation is 2. The fraction of sp³-hybridized carbons (Fsp3) is 0.333. The summed E-state index contributed by atoms with van der Waals surface area (Å²) in [6.45, 7) is 7.52. The van der Waals surface area contributed by atoms with E-state index in [0.717, 1.165) is 40.2 Å². The summed E-state index contributed by atoms with van der Waals surface area (Å²) >= 11 is 6.12. The van der Waals surface area contributed by atoms with Gasteiger partial charge in [-0.1, -0.05) is 30.7 Å². The van der Waals surface area contributed by atoms with Crippen molar-refractivity contribution in [2.24, 2.45) is 0 Å². The quantitative estimate of drug-likeness (QED) is 0.743. The van der Waals surface area contributed by atoms with Crippen molar-refractivity contribution in [3.8, 4) is 11.1 Å². The van der Waals surface area contributed by atoms with E-state index in [1.165, 1.54) is 0 Å². The molecule has 2 aromatic rings. The molecule has 0 spiro atoms. The van der Waals surface area contributed by atoms with Crippen LogP contribution >= 0.6 is 11.6 Å². The number of halogens is 2. The van der Waals surface area contributed by atoms with Crippen LogP contribution in [0.15, 0.2) is 30.3 Å². The molecule has 0 saturated carbocycles. The van der Waals surface area contributed by atoms with Gasteiger partial charge in [0.05, 0.1) is 0 Å². The Labute approximate surface area is 131 Å².